The molecule has 0 radical (unpaired) electrons. The SMILES string of the molecule is COc1ccc(-c2cn3ccccc3n2)cc1NC(=O)c1cc(-c2ccccc2)on1. The largest absolute Gasteiger partial charge is 0.495 e. The van der Waals surface area contributed by atoms with Crippen molar-refractivity contribution in [3.05, 3.63) is 90.9 Å². The summed E-state index contributed by atoms with van der Waals surface area (Å²) < 4.78 is 12.7. The van der Waals surface area contributed by atoms with Crippen molar-refractivity contribution in [2.45, 2.75) is 0 Å². The van der Waals surface area contributed by atoms with Crippen LogP contribution in [0.25, 0.3) is 28.2 Å². The number of anilines is 1. The molecule has 3 heterocycles. The molecule has 0 bridgehead atoms. The van der Waals surface area contributed by atoms with E-state index >= 15 is 0 Å². The second-order valence-corrected chi connectivity index (χ2v) is 6.90. The first-order valence-electron chi connectivity index (χ1n) is 9.67. The van der Waals surface area contributed by atoms with Crippen molar-refractivity contribution in [2.24, 2.45) is 0 Å². The van der Waals surface area contributed by atoms with Crippen LogP contribution in [0.1, 0.15) is 10.5 Å². The second-order valence-electron chi connectivity index (χ2n) is 6.90. The van der Waals surface area contributed by atoms with Gasteiger partial charge >= 0.3 is 0 Å². The van der Waals surface area contributed by atoms with E-state index in [1.54, 1.807) is 19.2 Å². The number of aromatic nitrogens is 3. The average Bonchev–Trinajstić information content (AvgIpc) is 3.47. The fourth-order valence-corrected chi connectivity index (χ4v) is 3.35. The van der Waals surface area contributed by atoms with Crippen LogP contribution >= 0.6 is 0 Å². The highest BCUT2D eigenvalue weighted by Gasteiger charge is 2.17. The van der Waals surface area contributed by atoms with Gasteiger partial charge in [-0.3, -0.25) is 4.79 Å². The van der Waals surface area contributed by atoms with Crippen LogP contribution in [0.3, 0.4) is 0 Å². The molecule has 31 heavy (non-hydrogen) atoms. The highest BCUT2D eigenvalue weighted by molar-refractivity contribution is 6.04. The van der Waals surface area contributed by atoms with Gasteiger partial charge in [0.05, 0.1) is 18.5 Å². The summed E-state index contributed by atoms with van der Waals surface area (Å²) in [6.07, 6.45) is 3.87. The number of carbonyl (C=O) groups excluding carboxylic acids is 1. The highest BCUT2D eigenvalue weighted by atomic mass is 16.5. The molecular formula is C24H18N4O3. The Hall–Kier alpha value is -4.39. The maximum atomic E-state index is 12.8. The lowest BCUT2D eigenvalue weighted by Gasteiger charge is -2.10. The summed E-state index contributed by atoms with van der Waals surface area (Å²) in [7, 11) is 1.55. The van der Waals surface area contributed by atoms with Crippen LogP contribution in [-0.4, -0.2) is 27.6 Å². The molecule has 0 aliphatic carbocycles. The van der Waals surface area contributed by atoms with Gasteiger partial charge in [-0.15, -0.1) is 0 Å². The number of fused-ring (bicyclic) bond motifs is 1. The van der Waals surface area contributed by atoms with Crippen LogP contribution in [0.15, 0.2) is 89.7 Å². The Balaban J connectivity index is 1.43. The molecule has 0 spiro atoms. The number of rotatable bonds is 5. The van der Waals surface area contributed by atoms with Crippen LogP contribution in [0.4, 0.5) is 5.69 Å². The number of hydrogen-bond donors (Lipinski definition) is 1. The zero-order chi connectivity index (χ0) is 21.2. The number of ether oxygens (including phenoxy) is 1. The first kappa shape index (κ1) is 18.6. The molecule has 0 unspecified atom stereocenters. The van der Waals surface area contributed by atoms with Gasteiger partial charge < -0.3 is 19.0 Å². The van der Waals surface area contributed by atoms with E-state index < -0.39 is 5.91 Å². The van der Waals surface area contributed by atoms with Crippen molar-refractivity contribution in [3.63, 3.8) is 0 Å². The number of amides is 1. The molecule has 0 aliphatic rings. The number of imidazole rings is 1. The minimum absolute atomic E-state index is 0.180. The molecule has 7 heteroatoms. The van der Waals surface area contributed by atoms with Gasteiger partial charge in [0.2, 0.25) is 0 Å². The van der Waals surface area contributed by atoms with Crippen LogP contribution in [-0.2, 0) is 0 Å². The zero-order valence-corrected chi connectivity index (χ0v) is 16.6. The third kappa shape index (κ3) is 3.64. The Labute approximate surface area is 177 Å². The normalized spacial score (nSPS) is 10.9. The number of pyridine rings is 1. The second kappa shape index (κ2) is 7.79. The standard InChI is InChI=1S/C24H18N4O3/c1-30-21-11-10-17(20-15-28-12-6-5-9-23(28)25-20)13-18(21)26-24(29)19-14-22(31-27-19)16-7-3-2-4-8-16/h2-15H,1H3,(H,26,29). The van der Waals surface area contributed by atoms with Gasteiger partial charge in [0.15, 0.2) is 11.5 Å². The van der Waals surface area contributed by atoms with Crippen LogP contribution in [0.5, 0.6) is 5.75 Å². The molecule has 0 aliphatic heterocycles. The molecule has 5 aromatic rings. The average molecular weight is 410 g/mol. The topological polar surface area (TPSA) is 81.7 Å². The van der Waals surface area contributed by atoms with Crippen molar-refractivity contribution >= 4 is 17.2 Å². The van der Waals surface area contributed by atoms with Crippen LogP contribution in [0, 0.1) is 0 Å². The van der Waals surface area contributed by atoms with E-state index in [1.165, 1.54) is 0 Å². The lowest BCUT2D eigenvalue weighted by molar-refractivity contribution is 0.101. The zero-order valence-electron chi connectivity index (χ0n) is 16.6. The van der Waals surface area contributed by atoms with Crippen molar-refractivity contribution in [1.82, 2.24) is 14.5 Å². The van der Waals surface area contributed by atoms with E-state index in [1.807, 2.05) is 77.5 Å². The van der Waals surface area contributed by atoms with E-state index in [2.05, 4.69) is 15.5 Å². The van der Waals surface area contributed by atoms with E-state index in [4.69, 9.17) is 9.26 Å². The Kier molecular flexibility index (Phi) is 4.68. The van der Waals surface area contributed by atoms with Crippen molar-refractivity contribution in [2.75, 3.05) is 12.4 Å². The summed E-state index contributed by atoms with van der Waals surface area (Å²) in [4.78, 5) is 17.4. The molecule has 2 aromatic carbocycles. The smallest absolute Gasteiger partial charge is 0.277 e. The maximum Gasteiger partial charge on any atom is 0.277 e. The minimum Gasteiger partial charge on any atom is -0.495 e. The Morgan fingerprint density at radius 2 is 1.84 bits per heavy atom. The number of carbonyl (C=O) groups is 1. The van der Waals surface area contributed by atoms with E-state index in [0.717, 1.165) is 22.5 Å². The Morgan fingerprint density at radius 1 is 1.00 bits per heavy atom. The summed E-state index contributed by atoms with van der Waals surface area (Å²) in [5, 5.41) is 6.78. The molecule has 0 saturated carbocycles. The third-order valence-corrected chi connectivity index (χ3v) is 4.91. The maximum absolute atomic E-state index is 12.8. The number of nitrogens with zero attached hydrogens (tertiary/aromatic N) is 3. The van der Waals surface area contributed by atoms with Crippen LogP contribution < -0.4 is 10.1 Å². The fourth-order valence-electron chi connectivity index (χ4n) is 3.35. The summed E-state index contributed by atoms with van der Waals surface area (Å²) in [5.41, 5.74) is 4.03. The monoisotopic (exact) mass is 410 g/mol. The third-order valence-electron chi connectivity index (χ3n) is 4.91. The number of hydrogen-bond acceptors (Lipinski definition) is 5. The van der Waals surface area contributed by atoms with Gasteiger partial charge in [0.25, 0.3) is 5.91 Å². The molecular weight excluding hydrogens is 392 g/mol. The minimum atomic E-state index is -0.392. The molecule has 0 fully saturated rings. The van der Waals surface area contributed by atoms with Gasteiger partial charge in [-0.2, -0.15) is 0 Å². The summed E-state index contributed by atoms with van der Waals surface area (Å²) in [5.74, 6) is 0.667. The van der Waals surface area contributed by atoms with Crippen molar-refractivity contribution < 1.29 is 14.1 Å². The first-order valence-corrected chi connectivity index (χ1v) is 9.67. The van der Waals surface area contributed by atoms with Gasteiger partial charge in [-0.1, -0.05) is 41.6 Å². The number of nitrogens with one attached hydrogen (secondary N) is 1. The van der Waals surface area contributed by atoms with E-state index in [0.29, 0.717) is 17.2 Å². The van der Waals surface area contributed by atoms with Gasteiger partial charge in [0, 0.05) is 29.6 Å². The van der Waals surface area contributed by atoms with Crippen molar-refractivity contribution in [3.8, 4) is 28.3 Å². The number of benzene rings is 2. The molecule has 0 saturated heterocycles. The Bertz CT molecular complexity index is 1340. The fraction of sp³-hybridized carbons (Fsp3) is 0.0417. The molecule has 5 rings (SSSR count). The van der Waals surface area contributed by atoms with E-state index in [9.17, 15) is 4.79 Å². The molecule has 1 N–H and O–H groups in total. The van der Waals surface area contributed by atoms with Gasteiger partial charge in [0.1, 0.15) is 11.4 Å². The molecule has 1 amide bonds. The highest BCUT2D eigenvalue weighted by Crippen LogP contribution is 2.31. The molecule has 0 atom stereocenters. The summed E-state index contributed by atoms with van der Waals surface area (Å²) in [6, 6.07) is 22.5. The lowest BCUT2D eigenvalue weighted by atomic mass is 10.1. The van der Waals surface area contributed by atoms with Crippen LogP contribution in [0.2, 0.25) is 0 Å². The molecule has 152 valence electrons. The molecule has 7 nitrogen and oxygen atoms in total. The van der Waals surface area contributed by atoms with E-state index in [-0.39, 0.29) is 5.69 Å². The predicted octanol–water partition coefficient (Wildman–Crippen LogP) is 4.92. The lowest BCUT2D eigenvalue weighted by Crippen LogP contribution is -2.13. The first-order chi connectivity index (χ1) is 15.2. The summed E-state index contributed by atoms with van der Waals surface area (Å²) >= 11 is 0. The van der Waals surface area contributed by atoms with Gasteiger partial charge in [-0.25, -0.2) is 4.98 Å². The quantitative estimate of drug-likeness (QED) is 0.445. The number of methoxy groups -OCH3 is 1. The van der Waals surface area contributed by atoms with Gasteiger partial charge in [-0.05, 0) is 30.3 Å². The Morgan fingerprint density at radius 3 is 2.65 bits per heavy atom. The summed E-state index contributed by atoms with van der Waals surface area (Å²) in [6.45, 7) is 0. The predicted molar refractivity (Wildman–Crippen MR) is 117 cm³/mol. The van der Waals surface area contributed by atoms with Crippen molar-refractivity contribution in [1.29, 1.82) is 0 Å². The molecule has 3 aromatic heterocycles.